The maximum Gasteiger partial charge on any atom is 0.238 e. The van der Waals surface area contributed by atoms with Gasteiger partial charge in [-0.25, -0.2) is 4.39 Å². The van der Waals surface area contributed by atoms with Gasteiger partial charge in [-0.05, 0) is 49.0 Å². The second-order valence-corrected chi connectivity index (χ2v) is 6.16. The average molecular weight is 394 g/mol. The summed E-state index contributed by atoms with van der Waals surface area (Å²) in [7, 11) is 1.57. The molecule has 0 spiro atoms. The van der Waals surface area contributed by atoms with Crippen LogP contribution in [0.3, 0.4) is 0 Å². The van der Waals surface area contributed by atoms with E-state index in [0.29, 0.717) is 23.7 Å². The molecule has 0 radical (unpaired) electrons. The van der Waals surface area contributed by atoms with Crippen LogP contribution >= 0.6 is 11.6 Å². The van der Waals surface area contributed by atoms with Crippen LogP contribution in [0.5, 0.6) is 5.75 Å². The van der Waals surface area contributed by atoms with Crippen molar-refractivity contribution in [2.75, 3.05) is 37.4 Å². The number of likely N-dealkylation sites (N-methyl/N-ethyl adjacent to an activating group) is 1. The van der Waals surface area contributed by atoms with E-state index in [9.17, 15) is 14.0 Å². The van der Waals surface area contributed by atoms with E-state index in [4.69, 9.17) is 16.3 Å². The van der Waals surface area contributed by atoms with Crippen LogP contribution in [-0.2, 0) is 9.59 Å². The van der Waals surface area contributed by atoms with Gasteiger partial charge in [0.15, 0.2) is 0 Å². The first-order valence-electron chi connectivity index (χ1n) is 8.32. The van der Waals surface area contributed by atoms with Crippen molar-refractivity contribution in [1.29, 1.82) is 0 Å². The normalized spacial score (nSPS) is 10.6. The number of benzene rings is 2. The van der Waals surface area contributed by atoms with Crippen molar-refractivity contribution in [3.63, 3.8) is 0 Å². The summed E-state index contributed by atoms with van der Waals surface area (Å²) >= 11 is 5.70. The number of carbonyl (C=O) groups excluding carboxylic acids is 2. The molecule has 0 unspecified atom stereocenters. The van der Waals surface area contributed by atoms with Crippen molar-refractivity contribution in [1.82, 2.24) is 4.90 Å². The van der Waals surface area contributed by atoms with E-state index in [-0.39, 0.29) is 29.9 Å². The SMILES string of the molecule is CCN(CC(=O)Nc1ccc(OC)cc1)CC(=O)Nc1ccc(F)c(Cl)c1. The van der Waals surface area contributed by atoms with Gasteiger partial charge in [0.25, 0.3) is 0 Å². The highest BCUT2D eigenvalue weighted by molar-refractivity contribution is 6.31. The number of carbonyl (C=O) groups is 2. The molecule has 0 atom stereocenters. The molecule has 6 nitrogen and oxygen atoms in total. The van der Waals surface area contributed by atoms with Gasteiger partial charge in [0, 0.05) is 11.4 Å². The second-order valence-electron chi connectivity index (χ2n) is 5.76. The van der Waals surface area contributed by atoms with Crippen LogP contribution in [0.2, 0.25) is 5.02 Å². The van der Waals surface area contributed by atoms with E-state index in [2.05, 4.69) is 10.6 Å². The maximum absolute atomic E-state index is 13.2. The average Bonchev–Trinajstić information content (AvgIpc) is 2.64. The van der Waals surface area contributed by atoms with Crippen LogP contribution in [-0.4, -0.2) is 43.5 Å². The Labute approximate surface area is 162 Å². The summed E-state index contributed by atoms with van der Waals surface area (Å²) in [6.45, 7) is 2.43. The van der Waals surface area contributed by atoms with Crippen molar-refractivity contribution in [2.45, 2.75) is 6.92 Å². The van der Waals surface area contributed by atoms with Gasteiger partial charge < -0.3 is 15.4 Å². The number of ether oxygens (including phenoxy) is 1. The maximum atomic E-state index is 13.2. The van der Waals surface area contributed by atoms with Gasteiger partial charge in [-0.2, -0.15) is 0 Å². The van der Waals surface area contributed by atoms with Crippen LogP contribution in [0, 0.1) is 5.82 Å². The number of methoxy groups -OCH3 is 1. The summed E-state index contributed by atoms with van der Waals surface area (Å²) in [5.41, 5.74) is 1.03. The Bertz CT molecular complexity index is 799. The van der Waals surface area contributed by atoms with Gasteiger partial charge in [-0.1, -0.05) is 18.5 Å². The highest BCUT2D eigenvalue weighted by Gasteiger charge is 2.14. The number of amides is 2. The number of nitrogens with zero attached hydrogens (tertiary/aromatic N) is 1. The van der Waals surface area contributed by atoms with Gasteiger partial charge in [0.1, 0.15) is 11.6 Å². The third-order valence-corrected chi connectivity index (χ3v) is 4.05. The lowest BCUT2D eigenvalue weighted by atomic mass is 10.3. The molecule has 2 aromatic rings. The number of nitrogens with one attached hydrogen (secondary N) is 2. The predicted molar refractivity (Wildman–Crippen MR) is 104 cm³/mol. The molecule has 0 aromatic heterocycles. The van der Waals surface area contributed by atoms with Crippen molar-refractivity contribution in [3.8, 4) is 5.75 Å². The molecule has 2 aromatic carbocycles. The second kappa shape index (κ2) is 9.89. The zero-order valence-corrected chi connectivity index (χ0v) is 15.8. The van der Waals surface area contributed by atoms with E-state index in [1.807, 2.05) is 6.92 Å². The summed E-state index contributed by atoms with van der Waals surface area (Å²) < 4.78 is 18.2. The van der Waals surface area contributed by atoms with Crippen LogP contribution < -0.4 is 15.4 Å². The zero-order valence-electron chi connectivity index (χ0n) is 15.1. The van der Waals surface area contributed by atoms with Crippen LogP contribution in [0.1, 0.15) is 6.92 Å². The Morgan fingerprint density at radius 2 is 1.59 bits per heavy atom. The molecule has 2 amide bonds. The minimum absolute atomic E-state index is 0.0154. The Morgan fingerprint density at radius 3 is 2.11 bits per heavy atom. The van der Waals surface area contributed by atoms with Crippen molar-refractivity contribution in [3.05, 3.63) is 53.3 Å². The smallest absolute Gasteiger partial charge is 0.238 e. The van der Waals surface area contributed by atoms with Crippen molar-refractivity contribution >= 4 is 34.8 Å². The minimum Gasteiger partial charge on any atom is -0.497 e. The van der Waals surface area contributed by atoms with E-state index in [1.165, 1.54) is 18.2 Å². The molecule has 0 aliphatic rings. The highest BCUT2D eigenvalue weighted by atomic mass is 35.5. The molecule has 0 saturated carbocycles. The monoisotopic (exact) mass is 393 g/mol. The fourth-order valence-electron chi connectivity index (χ4n) is 2.33. The van der Waals surface area contributed by atoms with Gasteiger partial charge in [0.05, 0.1) is 25.2 Å². The van der Waals surface area contributed by atoms with Crippen molar-refractivity contribution in [2.24, 2.45) is 0 Å². The van der Waals surface area contributed by atoms with E-state index in [0.717, 1.165) is 0 Å². The lowest BCUT2D eigenvalue weighted by Crippen LogP contribution is -2.38. The lowest BCUT2D eigenvalue weighted by Gasteiger charge is -2.19. The molecule has 8 heteroatoms. The molecule has 0 aliphatic carbocycles. The van der Waals surface area contributed by atoms with Gasteiger partial charge in [-0.3, -0.25) is 14.5 Å². The summed E-state index contributed by atoms with van der Waals surface area (Å²) in [6, 6.07) is 10.9. The van der Waals surface area contributed by atoms with Crippen LogP contribution in [0.15, 0.2) is 42.5 Å². The first kappa shape index (κ1) is 20.7. The van der Waals surface area contributed by atoms with E-state index in [1.54, 1.807) is 36.3 Å². The topological polar surface area (TPSA) is 70.7 Å². The number of halogens is 2. The Balaban J connectivity index is 1.86. The van der Waals surface area contributed by atoms with Gasteiger partial charge in [-0.15, -0.1) is 0 Å². The number of anilines is 2. The summed E-state index contributed by atoms with van der Waals surface area (Å²) in [5, 5.41) is 5.33. The van der Waals surface area contributed by atoms with Crippen LogP contribution in [0.25, 0.3) is 0 Å². The number of hydrogen-bond acceptors (Lipinski definition) is 4. The van der Waals surface area contributed by atoms with E-state index >= 15 is 0 Å². The molecule has 0 aliphatic heterocycles. The molecule has 0 bridgehead atoms. The molecule has 0 fully saturated rings. The Kier molecular flexibility index (Phi) is 7.57. The van der Waals surface area contributed by atoms with Gasteiger partial charge >= 0.3 is 0 Å². The molecule has 2 rings (SSSR count). The summed E-state index contributed by atoms with van der Waals surface area (Å²) in [5.74, 6) is -0.419. The minimum atomic E-state index is -0.556. The third kappa shape index (κ3) is 6.54. The number of rotatable bonds is 8. The molecule has 2 N–H and O–H groups in total. The number of hydrogen-bond donors (Lipinski definition) is 2. The summed E-state index contributed by atoms with van der Waals surface area (Å²) in [4.78, 5) is 26.0. The standard InChI is InChI=1S/C19H21ClFN3O3/c1-3-24(11-18(25)22-13-4-7-15(27-2)8-5-13)12-19(26)23-14-6-9-17(21)16(20)10-14/h4-10H,3,11-12H2,1-2H3,(H,22,25)(H,23,26). The molecule has 27 heavy (non-hydrogen) atoms. The largest absolute Gasteiger partial charge is 0.497 e. The molecule has 144 valence electrons. The summed E-state index contributed by atoms with van der Waals surface area (Å²) in [6.07, 6.45) is 0. The van der Waals surface area contributed by atoms with Crippen molar-refractivity contribution < 1.29 is 18.7 Å². The van der Waals surface area contributed by atoms with Crippen LogP contribution in [0.4, 0.5) is 15.8 Å². The molecular weight excluding hydrogens is 373 g/mol. The Morgan fingerprint density at radius 1 is 1.04 bits per heavy atom. The molecule has 0 heterocycles. The fourth-order valence-corrected chi connectivity index (χ4v) is 2.52. The Hall–Kier alpha value is -2.64. The lowest BCUT2D eigenvalue weighted by molar-refractivity contribution is -0.119. The quantitative estimate of drug-likeness (QED) is 0.721. The van der Waals surface area contributed by atoms with E-state index < -0.39 is 5.82 Å². The molecule has 0 saturated heterocycles. The third-order valence-electron chi connectivity index (χ3n) is 3.76. The first-order valence-corrected chi connectivity index (χ1v) is 8.70. The van der Waals surface area contributed by atoms with Gasteiger partial charge in [0.2, 0.25) is 11.8 Å². The predicted octanol–water partition coefficient (Wildman–Crippen LogP) is 3.39. The zero-order chi connectivity index (χ0) is 19.8. The molecular formula is C19H21ClFN3O3. The fraction of sp³-hybridized carbons (Fsp3) is 0.263. The first-order chi connectivity index (χ1) is 12.9. The highest BCUT2D eigenvalue weighted by Crippen LogP contribution is 2.19.